The Morgan fingerprint density at radius 3 is 2.84 bits per heavy atom. The highest BCUT2D eigenvalue weighted by molar-refractivity contribution is 5.82. The van der Waals surface area contributed by atoms with Gasteiger partial charge in [-0.2, -0.15) is 0 Å². The first-order valence-electron chi connectivity index (χ1n) is 8.45. The lowest BCUT2D eigenvalue weighted by molar-refractivity contribution is -0.132. The number of carbonyl (C=O) groups excluding carboxylic acids is 1. The summed E-state index contributed by atoms with van der Waals surface area (Å²) in [4.78, 5) is 14.3. The molecule has 1 fully saturated rings. The Morgan fingerprint density at radius 2 is 2.16 bits per heavy atom. The molecule has 0 aromatic heterocycles. The number of nitrogens with one attached hydrogen (secondary N) is 1. The Labute approximate surface area is 147 Å². The highest BCUT2D eigenvalue weighted by Crippen LogP contribution is 2.30. The SMILES string of the molecule is C/C=C\C=C(/N)CN1CC(c2cccc(F)c2F)CCC(NC)C1=O. The van der Waals surface area contributed by atoms with Crippen LogP contribution >= 0.6 is 0 Å². The van der Waals surface area contributed by atoms with Gasteiger partial charge in [-0.1, -0.05) is 24.3 Å². The lowest BCUT2D eigenvalue weighted by Gasteiger charge is -2.26. The van der Waals surface area contributed by atoms with Crippen molar-refractivity contribution < 1.29 is 13.6 Å². The third kappa shape index (κ3) is 4.66. The zero-order chi connectivity index (χ0) is 18.4. The minimum atomic E-state index is -0.864. The third-order valence-corrected chi connectivity index (χ3v) is 4.50. The zero-order valence-corrected chi connectivity index (χ0v) is 14.6. The van der Waals surface area contributed by atoms with Crippen LogP contribution in [0.1, 0.15) is 31.2 Å². The molecule has 1 aliphatic rings. The molecule has 6 heteroatoms. The summed E-state index contributed by atoms with van der Waals surface area (Å²) in [5.74, 6) is -2.04. The van der Waals surface area contributed by atoms with Gasteiger partial charge < -0.3 is 16.0 Å². The Hall–Kier alpha value is -2.21. The van der Waals surface area contributed by atoms with Gasteiger partial charge in [0.25, 0.3) is 0 Å². The van der Waals surface area contributed by atoms with Gasteiger partial charge in [-0.3, -0.25) is 4.79 Å². The van der Waals surface area contributed by atoms with E-state index in [1.807, 2.05) is 13.0 Å². The minimum absolute atomic E-state index is 0.0707. The molecule has 25 heavy (non-hydrogen) atoms. The molecule has 0 saturated carbocycles. The van der Waals surface area contributed by atoms with E-state index in [-0.39, 0.29) is 24.4 Å². The smallest absolute Gasteiger partial charge is 0.240 e. The molecule has 2 atom stereocenters. The van der Waals surface area contributed by atoms with E-state index in [4.69, 9.17) is 5.73 Å². The van der Waals surface area contributed by atoms with Gasteiger partial charge in [-0.25, -0.2) is 8.78 Å². The number of allylic oxidation sites excluding steroid dienone is 3. The van der Waals surface area contributed by atoms with E-state index in [0.29, 0.717) is 30.6 Å². The molecular weight excluding hydrogens is 324 g/mol. The summed E-state index contributed by atoms with van der Waals surface area (Å²) in [5.41, 5.74) is 6.84. The van der Waals surface area contributed by atoms with E-state index in [2.05, 4.69) is 5.32 Å². The average molecular weight is 349 g/mol. The van der Waals surface area contributed by atoms with E-state index >= 15 is 0 Å². The summed E-state index contributed by atoms with van der Waals surface area (Å²) >= 11 is 0. The van der Waals surface area contributed by atoms with E-state index in [1.165, 1.54) is 6.07 Å². The quantitative estimate of drug-likeness (QED) is 0.804. The van der Waals surface area contributed by atoms with Crippen molar-refractivity contribution >= 4 is 5.91 Å². The van der Waals surface area contributed by atoms with Crippen molar-refractivity contribution in [3.63, 3.8) is 0 Å². The van der Waals surface area contributed by atoms with Crippen LogP contribution in [-0.2, 0) is 4.79 Å². The normalized spacial score (nSPS) is 22.5. The Morgan fingerprint density at radius 1 is 1.40 bits per heavy atom. The molecule has 0 radical (unpaired) electrons. The van der Waals surface area contributed by atoms with E-state index in [9.17, 15) is 13.6 Å². The third-order valence-electron chi connectivity index (χ3n) is 4.50. The van der Waals surface area contributed by atoms with Gasteiger partial charge in [0, 0.05) is 18.2 Å². The molecule has 1 heterocycles. The van der Waals surface area contributed by atoms with Gasteiger partial charge >= 0.3 is 0 Å². The number of hydrogen-bond acceptors (Lipinski definition) is 3. The van der Waals surface area contributed by atoms with Crippen LogP contribution in [0.5, 0.6) is 0 Å². The average Bonchev–Trinajstić information content (AvgIpc) is 2.75. The van der Waals surface area contributed by atoms with Crippen molar-refractivity contribution in [2.45, 2.75) is 31.7 Å². The number of likely N-dealkylation sites (N-methyl/N-ethyl adjacent to an activating group) is 1. The molecule has 4 nitrogen and oxygen atoms in total. The van der Waals surface area contributed by atoms with Crippen molar-refractivity contribution in [3.05, 3.63) is 59.3 Å². The second kappa shape index (κ2) is 8.76. The van der Waals surface area contributed by atoms with Gasteiger partial charge in [0.1, 0.15) is 0 Å². The number of nitrogens with two attached hydrogens (primary N) is 1. The first-order chi connectivity index (χ1) is 12.0. The van der Waals surface area contributed by atoms with Crippen LogP contribution in [0.3, 0.4) is 0 Å². The number of nitrogens with zero attached hydrogens (tertiary/aromatic N) is 1. The van der Waals surface area contributed by atoms with Crippen LogP contribution in [0.2, 0.25) is 0 Å². The molecule has 1 aromatic carbocycles. The van der Waals surface area contributed by atoms with Gasteiger partial charge in [0.15, 0.2) is 11.6 Å². The topological polar surface area (TPSA) is 58.4 Å². The fourth-order valence-electron chi connectivity index (χ4n) is 3.15. The Balaban J connectivity index is 2.29. The molecule has 1 amide bonds. The van der Waals surface area contributed by atoms with Crippen LogP contribution in [-0.4, -0.2) is 37.0 Å². The number of hydrogen-bond donors (Lipinski definition) is 2. The summed E-state index contributed by atoms with van der Waals surface area (Å²) < 4.78 is 27.8. The van der Waals surface area contributed by atoms with Gasteiger partial charge in [-0.05, 0) is 44.5 Å². The van der Waals surface area contributed by atoms with Crippen LogP contribution in [0.25, 0.3) is 0 Å². The number of rotatable bonds is 5. The van der Waals surface area contributed by atoms with Crippen molar-refractivity contribution in [1.29, 1.82) is 0 Å². The highest BCUT2D eigenvalue weighted by Gasteiger charge is 2.32. The van der Waals surface area contributed by atoms with Crippen molar-refractivity contribution in [1.82, 2.24) is 10.2 Å². The number of benzene rings is 1. The van der Waals surface area contributed by atoms with Crippen LogP contribution < -0.4 is 11.1 Å². The van der Waals surface area contributed by atoms with Crippen LogP contribution in [0.15, 0.2) is 42.1 Å². The van der Waals surface area contributed by atoms with E-state index in [1.54, 1.807) is 30.2 Å². The summed E-state index contributed by atoms with van der Waals surface area (Å²) in [7, 11) is 1.73. The molecule has 1 aliphatic heterocycles. The Kier molecular flexibility index (Phi) is 6.70. The Bertz CT molecular complexity index is 673. The maximum absolute atomic E-state index is 14.2. The molecule has 136 valence electrons. The predicted molar refractivity (Wildman–Crippen MR) is 94.8 cm³/mol. The first kappa shape index (κ1) is 19.1. The molecule has 0 spiro atoms. The summed E-state index contributed by atoms with van der Waals surface area (Å²) in [5, 5.41) is 3.00. The second-order valence-corrected chi connectivity index (χ2v) is 6.24. The maximum Gasteiger partial charge on any atom is 0.240 e. The summed E-state index contributed by atoms with van der Waals surface area (Å²) in [6.07, 6.45) is 6.54. The van der Waals surface area contributed by atoms with Crippen LogP contribution in [0, 0.1) is 11.6 Å². The second-order valence-electron chi connectivity index (χ2n) is 6.24. The molecule has 3 N–H and O–H groups in total. The standard InChI is InChI=1S/C19H25F2N3O/c1-3-4-6-14(22)12-24-11-13(9-10-17(23-2)19(24)25)15-7-5-8-16(20)18(15)21/h3-8,13,17,23H,9-12,22H2,1-2H3/b4-3-,14-6-. The van der Waals surface area contributed by atoms with Crippen molar-refractivity contribution in [3.8, 4) is 0 Å². The maximum atomic E-state index is 14.2. The monoisotopic (exact) mass is 349 g/mol. The number of halogens is 2. The highest BCUT2D eigenvalue weighted by atomic mass is 19.2. The van der Waals surface area contributed by atoms with E-state index < -0.39 is 11.6 Å². The summed E-state index contributed by atoms with van der Waals surface area (Å²) in [6.45, 7) is 2.44. The molecule has 2 rings (SSSR count). The fourth-order valence-corrected chi connectivity index (χ4v) is 3.15. The van der Waals surface area contributed by atoms with Gasteiger partial charge in [0.2, 0.25) is 5.91 Å². The molecule has 1 saturated heterocycles. The molecular formula is C19H25F2N3O. The van der Waals surface area contributed by atoms with Crippen molar-refractivity contribution in [2.24, 2.45) is 5.73 Å². The van der Waals surface area contributed by atoms with E-state index in [0.717, 1.165) is 6.07 Å². The lowest BCUT2D eigenvalue weighted by Crippen LogP contribution is -2.45. The summed E-state index contributed by atoms with van der Waals surface area (Å²) in [6, 6.07) is 3.84. The molecule has 1 aromatic rings. The first-order valence-corrected chi connectivity index (χ1v) is 8.45. The predicted octanol–water partition coefficient (Wildman–Crippen LogP) is 2.68. The minimum Gasteiger partial charge on any atom is -0.401 e. The zero-order valence-electron chi connectivity index (χ0n) is 14.6. The van der Waals surface area contributed by atoms with Crippen LogP contribution in [0.4, 0.5) is 8.78 Å². The number of carbonyl (C=O) groups is 1. The number of likely N-dealkylation sites (tertiary alicyclic amines) is 1. The van der Waals surface area contributed by atoms with Crippen molar-refractivity contribution in [2.75, 3.05) is 20.1 Å². The van der Waals surface area contributed by atoms with Gasteiger partial charge in [0.05, 0.1) is 12.6 Å². The largest absolute Gasteiger partial charge is 0.401 e. The fraction of sp³-hybridized carbons (Fsp3) is 0.421. The molecule has 2 unspecified atom stereocenters. The molecule has 0 bridgehead atoms. The lowest BCUT2D eigenvalue weighted by atomic mass is 9.93. The molecule has 0 aliphatic carbocycles. The number of amides is 1. The van der Waals surface area contributed by atoms with Gasteiger partial charge in [-0.15, -0.1) is 0 Å².